The third-order valence-electron chi connectivity index (χ3n) is 7.68. The summed E-state index contributed by atoms with van der Waals surface area (Å²) in [6.07, 6.45) is 1.54. The fraction of sp³-hybridized carbons (Fsp3) is 0.419. The summed E-state index contributed by atoms with van der Waals surface area (Å²) in [6.45, 7) is 9.43. The maximum absolute atomic E-state index is 13.9. The molecule has 0 radical (unpaired) electrons. The molecule has 2 amide bonds. The quantitative estimate of drug-likeness (QED) is 0.326. The maximum atomic E-state index is 13.9. The van der Waals surface area contributed by atoms with Gasteiger partial charge in [0.2, 0.25) is 12.7 Å². The molecule has 0 fully saturated rings. The van der Waals surface area contributed by atoms with Gasteiger partial charge in [0.25, 0.3) is 5.91 Å². The Labute approximate surface area is 234 Å². The zero-order valence-electron chi connectivity index (χ0n) is 23.0. The number of rotatable bonds is 9. The van der Waals surface area contributed by atoms with Crippen LogP contribution in [-0.4, -0.2) is 54.1 Å². The zero-order chi connectivity index (χ0) is 27.5. The number of fused-ring (bicyclic) bond motifs is 2. The van der Waals surface area contributed by atoms with E-state index in [0.29, 0.717) is 36.1 Å². The highest BCUT2D eigenvalue weighted by molar-refractivity contribution is 7.10. The Morgan fingerprint density at radius 3 is 2.59 bits per heavy atom. The van der Waals surface area contributed by atoms with Crippen LogP contribution in [0.1, 0.15) is 72.4 Å². The smallest absolute Gasteiger partial charge is 0.254 e. The highest BCUT2D eigenvalue weighted by Gasteiger charge is 2.34. The van der Waals surface area contributed by atoms with Gasteiger partial charge in [-0.05, 0) is 78.6 Å². The summed E-state index contributed by atoms with van der Waals surface area (Å²) in [5.74, 6) is 2.14. The van der Waals surface area contributed by atoms with Gasteiger partial charge in [-0.25, -0.2) is 0 Å². The van der Waals surface area contributed by atoms with Crippen molar-refractivity contribution < 1.29 is 23.8 Å². The molecule has 0 aliphatic carbocycles. The van der Waals surface area contributed by atoms with Crippen molar-refractivity contribution in [3.8, 4) is 17.2 Å². The van der Waals surface area contributed by atoms with E-state index in [-0.39, 0.29) is 37.2 Å². The Hall–Kier alpha value is -3.52. The van der Waals surface area contributed by atoms with Gasteiger partial charge >= 0.3 is 0 Å². The molecule has 2 aliphatic rings. The molecule has 2 aromatic carbocycles. The number of hydrogen-bond donors (Lipinski definition) is 0. The second kappa shape index (κ2) is 11.7. The number of carbonyl (C=O) groups is 2. The largest absolute Gasteiger partial charge is 0.491 e. The molecule has 2 atom stereocenters. The van der Waals surface area contributed by atoms with E-state index in [2.05, 4.69) is 37.4 Å². The van der Waals surface area contributed by atoms with Crippen molar-refractivity contribution in [2.24, 2.45) is 0 Å². The average Bonchev–Trinajstić information content (AvgIpc) is 3.63. The lowest BCUT2D eigenvalue weighted by atomic mass is 10.00. The Bertz CT molecular complexity index is 1320. The lowest BCUT2D eigenvalue weighted by molar-refractivity contribution is -0.136. The van der Waals surface area contributed by atoms with Gasteiger partial charge in [-0.1, -0.05) is 32.9 Å². The molecule has 8 heteroatoms. The van der Waals surface area contributed by atoms with Gasteiger partial charge < -0.3 is 24.0 Å². The first-order chi connectivity index (χ1) is 18.9. The topological polar surface area (TPSA) is 68.3 Å². The van der Waals surface area contributed by atoms with E-state index in [9.17, 15) is 9.59 Å². The standard InChI is InChI=1S/C31H36N2O5S/c1-5-21(4)33(31(35)23-8-11-27-28(16-23)38-19-37-27)17-30(34)32-14-12-29-25(13-15-39-29)26(32)18-36-24-9-6-22(7-10-24)20(2)3/h6-11,13,15-16,20-21,26H,5,12,14,17-19H2,1-4H3/t21-,26+/m1/s1. The Kier molecular flexibility index (Phi) is 8.12. The molecule has 206 valence electrons. The molecule has 0 spiro atoms. The molecular weight excluding hydrogens is 512 g/mol. The van der Waals surface area contributed by atoms with Gasteiger partial charge in [0.05, 0.1) is 6.04 Å². The van der Waals surface area contributed by atoms with Crippen molar-refractivity contribution in [2.45, 2.75) is 58.5 Å². The molecule has 1 aromatic heterocycles. The Morgan fingerprint density at radius 1 is 1.08 bits per heavy atom. The number of benzene rings is 2. The number of hydrogen-bond acceptors (Lipinski definition) is 6. The number of ether oxygens (including phenoxy) is 3. The van der Waals surface area contributed by atoms with E-state index in [0.717, 1.165) is 24.2 Å². The summed E-state index contributed by atoms with van der Waals surface area (Å²) < 4.78 is 17.1. The van der Waals surface area contributed by atoms with E-state index in [1.54, 1.807) is 34.4 Å². The molecule has 0 saturated heterocycles. The molecule has 0 N–H and O–H groups in total. The van der Waals surface area contributed by atoms with E-state index < -0.39 is 0 Å². The fourth-order valence-electron chi connectivity index (χ4n) is 5.08. The van der Waals surface area contributed by atoms with Crippen LogP contribution in [0.5, 0.6) is 17.2 Å². The van der Waals surface area contributed by atoms with Crippen molar-refractivity contribution in [1.82, 2.24) is 9.80 Å². The van der Waals surface area contributed by atoms with Gasteiger partial charge in [-0.3, -0.25) is 9.59 Å². The molecule has 5 rings (SSSR count). The normalized spacial score (nSPS) is 16.6. The fourth-order valence-corrected chi connectivity index (χ4v) is 6.01. The van der Waals surface area contributed by atoms with Gasteiger partial charge in [-0.2, -0.15) is 0 Å². The monoisotopic (exact) mass is 548 g/mol. The number of amides is 2. The maximum Gasteiger partial charge on any atom is 0.254 e. The summed E-state index contributed by atoms with van der Waals surface area (Å²) >= 11 is 1.72. The van der Waals surface area contributed by atoms with Crippen LogP contribution >= 0.6 is 11.3 Å². The van der Waals surface area contributed by atoms with Crippen molar-refractivity contribution in [1.29, 1.82) is 0 Å². The first-order valence-electron chi connectivity index (χ1n) is 13.6. The van der Waals surface area contributed by atoms with E-state index in [4.69, 9.17) is 14.2 Å². The number of carbonyl (C=O) groups excluding carboxylic acids is 2. The molecule has 3 heterocycles. The van der Waals surface area contributed by atoms with E-state index in [1.165, 1.54) is 10.4 Å². The molecule has 0 unspecified atom stereocenters. The Morgan fingerprint density at radius 2 is 1.85 bits per heavy atom. The minimum Gasteiger partial charge on any atom is -0.491 e. The molecule has 0 saturated carbocycles. The number of nitrogens with zero attached hydrogens (tertiary/aromatic N) is 2. The van der Waals surface area contributed by atoms with Crippen molar-refractivity contribution in [2.75, 3.05) is 26.5 Å². The van der Waals surface area contributed by atoms with Crippen molar-refractivity contribution >= 4 is 23.2 Å². The predicted molar refractivity (Wildman–Crippen MR) is 152 cm³/mol. The minimum atomic E-state index is -0.211. The van der Waals surface area contributed by atoms with Crippen LogP contribution in [0, 0.1) is 0 Å². The van der Waals surface area contributed by atoms with Crippen LogP contribution in [0.15, 0.2) is 53.9 Å². The van der Waals surface area contributed by atoms with Gasteiger partial charge in [0.1, 0.15) is 18.9 Å². The van der Waals surface area contributed by atoms with Gasteiger partial charge in [0.15, 0.2) is 11.5 Å². The van der Waals surface area contributed by atoms with Gasteiger partial charge in [-0.15, -0.1) is 11.3 Å². The summed E-state index contributed by atoms with van der Waals surface area (Å²) in [4.78, 5) is 32.3. The third-order valence-corrected chi connectivity index (χ3v) is 8.68. The summed E-state index contributed by atoms with van der Waals surface area (Å²) in [7, 11) is 0. The Balaban J connectivity index is 1.34. The van der Waals surface area contributed by atoms with E-state index >= 15 is 0 Å². The first-order valence-corrected chi connectivity index (χ1v) is 14.5. The second-order valence-corrected chi connectivity index (χ2v) is 11.4. The molecule has 3 aromatic rings. The van der Waals surface area contributed by atoms with Crippen LogP contribution in [0.4, 0.5) is 0 Å². The lowest BCUT2D eigenvalue weighted by Gasteiger charge is -2.38. The van der Waals surface area contributed by atoms with Crippen LogP contribution in [0.25, 0.3) is 0 Å². The average molecular weight is 549 g/mol. The third kappa shape index (κ3) is 5.76. The van der Waals surface area contributed by atoms with Crippen molar-refractivity contribution in [3.63, 3.8) is 0 Å². The molecule has 39 heavy (non-hydrogen) atoms. The van der Waals surface area contributed by atoms with E-state index in [1.807, 2.05) is 30.9 Å². The van der Waals surface area contributed by atoms with Gasteiger partial charge in [0, 0.05) is 23.0 Å². The molecule has 2 aliphatic heterocycles. The van der Waals surface area contributed by atoms with Crippen LogP contribution in [0.3, 0.4) is 0 Å². The van der Waals surface area contributed by atoms with Crippen LogP contribution < -0.4 is 14.2 Å². The highest BCUT2D eigenvalue weighted by Crippen LogP contribution is 2.35. The summed E-state index contributed by atoms with van der Waals surface area (Å²) in [5, 5.41) is 2.08. The molecular formula is C31H36N2O5S. The zero-order valence-corrected chi connectivity index (χ0v) is 23.8. The highest BCUT2D eigenvalue weighted by atomic mass is 32.1. The van der Waals surface area contributed by atoms with Crippen molar-refractivity contribution in [3.05, 3.63) is 75.5 Å². The second-order valence-electron chi connectivity index (χ2n) is 10.4. The van der Waals surface area contributed by atoms with Crippen LogP contribution in [-0.2, 0) is 11.2 Å². The SMILES string of the molecule is CC[C@@H](C)N(CC(=O)N1CCc2sccc2[C@@H]1COc1ccc(C(C)C)cc1)C(=O)c1ccc2c(c1)OCO2. The lowest BCUT2D eigenvalue weighted by Crippen LogP contribution is -2.49. The minimum absolute atomic E-state index is 0.00133. The number of thiophene rings is 1. The molecule has 7 nitrogen and oxygen atoms in total. The van der Waals surface area contributed by atoms with Crippen LogP contribution in [0.2, 0.25) is 0 Å². The first kappa shape index (κ1) is 27.1. The summed E-state index contributed by atoms with van der Waals surface area (Å²) in [5.41, 5.74) is 2.88. The predicted octanol–water partition coefficient (Wildman–Crippen LogP) is 6.05. The molecule has 0 bridgehead atoms. The summed E-state index contributed by atoms with van der Waals surface area (Å²) in [6, 6.07) is 15.1.